The van der Waals surface area contributed by atoms with Gasteiger partial charge in [0.2, 0.25) is 11.8 Å². The highest BCUT2D eigenvalue weighted by Gasteiger charge is 2.52. The maximum absolute atomic E-state index is 12.3. The lowest BCUT2D eigenvalue weighted by Crippen LogP contribution is -2.42. The quantitative estimate of drug-likeness (QED) is 0.583. The lowest BCUT2D eigenvalue weighted by Gasteiger charge is -2.37. The fraction of sp³-hybridized carbons (Fsp3) is 0.824. The fourth-order valence-corrected chi connectivity index (χ4v) is 4.42. The van der Waals surface area contributed by atoms with Crippen LogP contribution >= 0.6 is 0 Å². The molecule has 6 heteroatoms. The standard InChI is InChI=1S/C17H29NO4Si/c1-17(2,3)23(5,6)22-8-7-11-9-12(19)10-13-14(11)16(21)18(4)15(13)20/h11,13-14H,7-10H2,1-6H3/t11-,13+,14-/m0/s1. The number of nitrogens with zero attached hydrogens (tertiary/aromatic N) is 1. The average Bonchev–Trinajstić information content (AvgIpc) is 2.62. The Kier molecular flexibility index (Phi) is 4.88. The van der Waals surface area contributed by atoms with Crippen LogP contribution in [0.2, 0.25) is 18.1 Å². The van der Waals surface area contributed by atoms with Crippen LogP contribution in [0.15, 0.2) is 0 Å². The number of Topliss-reactive ketones (excluding diaryl/α,β-unsaturated/α-hetero) is 1. The van der Waals surface area contributed by atoms with Crippen molar-refractivity contribution in [1.29, 1.82) is 0 Å². The van der Waals surface area contributed by atoms with Gasteiger partial charge in [-0.3, -0.25) is 19.3 Å². The molecule has 0 N–H and O–H groups in total. The Morgan fingerprint density at radius 1 is 1.13 bits per heavy atom. The molecule has 0 radical (unpaired) electrons. The van der Waals surface area contributed by atoms with Gasteiger partial charge in [0.1, 0.15) is 5.78 Å². The zero-order valence-electron chi connectivity index (χ0n) is 15.1. The van der Waals surface area contributed by atoms with Crippen molar-refractivity contribution < 1.29 is 18.8 Å². The van der Waals surface area contributed by atoms with Crippen molar-refractivity contribution >= 4 is 25.9 Å². The van der Waals surface area contributed by atoms with Gasteiger partial charge in [-0.1, -0.05) is 20.8 Å². The molecular weight excluding hydrogens is 310 g/mol. The van der Waals surface area contributed by atoms with Crippen molar-refractivity contribution in [3.8, 4) is 0 Å². The molecule has 0 aromatic rings. The van der Waals surface area contributed by atoms with Gasteiger partial charge in [0, 0.05) is 26.5 Å². The molecule has 2 rings (SSSR count). The number of ketones is 1. The topological polar surface area (TPSA) is 63.7 Å². The molecule has 2 aliphatic rings. The summed E-state index contributed by atoms with van der Waals surface area (Å²) in [4.78, 5) is 37.7. The third-order valence-corrected chi connectivity index (χ3v) is 10.4. The maximum atomic E-state index is 12.3. The van der Waals surface area contributed by atoms with Crippen molar-refractivity contribution in [2.75, 3.05) is 13.7 Å². The molecule has 3 atom stereocenters. The van der Waals surface area contributed by atoms with Crippen LogP contribution in [0.5, 0.6) is 0 Å². The summed E-state index contributed by atoms with van der Waals surface area (Å²) in [6, 6.07) is 0. The highest BCUT2D eigenvalue weighted by atomic mass is 28.4. The molecule has 5 nitrogen and oxygen atoms in total. The number of hydrogen-bond donors (Lipinski definition) is 0. The average molecular weight is 340 g/mol. The normalized spacial score (nSPS) is 29.2. The summed E-state index contributed by atoms with van der Waals surface area (Å²) in [7, 11) is -0.307. The monoisotopic (exact) mass is 339 g/mol. The minimum Gasteiger partial charge on any atom is -0.417 e. The van der Waals surface area contributed by atoms with Crippen LogP contribution in [0.1, 0.15) is 40.0 Å². The molecule has 1 heterocycles. The van der Waals surface area contributed by atoms with E-state index in [4.69, 9.17) is 4.43 Å². The second-order valence-corrected chi connectivity index (χ2v) is 13.3. The summed E-state index contributed by atoms with van der Waals surface area (Å²) in [5.74, 6) is -1.04. The van der Waals surface area contributed by atoms with E-state index in [1.165, 1.54) is 11.9 Å². The fourth-order valence-electron chi connectivity index (χ4n) is 3.36. The lowest BCUT2D eigenvalue weighted by atomic mass is 9.71. The molecule has 1 aliphatic heterocycles. The number of likely N-dealkylation sites (tertiary alicyclic amines) is 1. The first kappa shape index (κ1) is 18.3. The summed E-state index contributed by atoms with van der Waals surface area (Å²) in [6.45, 7) is 11.5. The largest absolute Gasteiger partial charge is 0.417 e. The highest BCUT2D eigenvalue weighted by Crippen LogP contribution is 2.42. The van der Waals surface area contributed by atoms with Crippen LogP contribution in [0.4, 0.5) is 0 Å². The Labute approximate surface area is 139 Å². The Morgan fingerprint density at radius 2 is 1.74 bits per heavy atom. The summed E-state index contributed by atoms with van der Waals surface area (Å²) < 4.78 is 6.19. The van der Waals surface area contributed by atoms with Gasteiger partial charge in [-0.15, -0.1) is 0 Å². The first-order valence-electron chi connectivity index (χ1n) is 8.43. The smallest absolute Gasteiger partial charge is 0.233 e. The number of fused-ring (bicyclic) bond motifs is 1. The van der Waals surface area contributed by atoms with E-state index in [1.807, 2.05) is 0 Å². The zero-order valence-corrected chi connectivity index (χ0v) is 16.1. The van der Waals surface area contributed by atoms with Gasteiger partial charge in [-0.25, -0.2) is 0 Å². The number of rotatable bonds is 4. The first-order valence-corrected chi connectivity index (χ1v) is 11.3. The molecule has 1 saturated heterocycles. The zero-order chi connectivity index (χ0) is 17.6. The number of imide groups is 1. The summed E-state index contributed by atoms with van der Waals surface area (Å²) in [6.07, 6.45) is 1.29. The predicted octanol–water partition coefficient (Wildman–Crippen LogP) is 2.61. The van der Waals surface area contributed by atoms with E-state index in [0.717, 1.165) is 0 Å². The Hall–Kier alpha value is -1.01. The van der Waals surface area contributed by atoms with E-state index < -0.39 is 14.2 Å². The maximum Gasteiger partial charge on any atom is 0.233 e. The van der Waals surface area contributed by atoms with E-state index in [0.29, 0.717) is 19.4 Å². The molecule has 0 aromatic heterocycles. The van der Waals surface area contributed by atoms with E-state index in [2.05, 4.69) is 33.9 Å². The molecular formula is C17H29NO4Si. The second-order valence-electron chi connectivity index (χ2n) is 8.47. The summed E-state index contributed by atoms with van der Waals surface area (Å²) >= 11 is 0. The van der Waals surface area contributed by atoms with Crippen LogP contribution in [0.25, 0.3) is 0 Å². The number of carbonyl (C=O) groups excluding carboxylic acids is 3. The van der Waals surface area contributed by atoms with Gasteiger partial charge in [0.25, 0.3) is 0 Å². The minimum absolute atomic E-state index is 0.0626. The summed E-state index contributed by atoms with van der Waals surface area (Å²) in [5.41, 5.74) is 0. The summed E-state index contributed by atoms with van der Waals surface area (Å²) in [5, 5.41) is 0.136. The Morgan fingerprint density at radius 3 is 2.30 bits per heavy atom. The van der Waals surface area contributed by atoms with Crippen LogP contribution in [-0.2, 0) is 18.8 Å². The van der Waals surface area contributed by atoms with Crippen LogP contribution in [0, 0.1) is 17.8 Å². The third kappa shape index (κ3) is 3.43. The van der Waals surface area contributed by atoms with Crippen molar-refractivity contribution in [3.63, 3.8) is 0 Å². The van der Waals surface area contributed by atoms with E-state index in [1.54, 1.807) is 0 Å². The molecule has 0 bridgehead atoms. The number of hydrogen-bond acceptors (Lipinski definition) is 4. The van der Waals surface area contributed by atoms with Crippen molar-refractivity contribution in [2.24, 2.45) is 17.8 Å². The van der Waals surface area contributed by atoms with Gasteiger partial charge in [0.05, 0.1) is 11.8 Å². The molecule has 0 aromatic carbocycles. The first-order chi connectivity index (χ1) is 10.5. The number of carbonyl (C=O) groups is 3. The second kappa shape index (κ2) is 6.13. The van der Waals surface area contributed by atoms with Crippen molar-refractivity contribution in [3.05, 3.63) is 0 Å². The minimum atomic E-state index is -1.83. The van der Waals surface area contributed by atoms with Gasteiger partial charge in [-0.05, 0) is 30.5 Å². The van der Waals surface area contributed by atoms with Gasteiger partial charge >= 0.3 is 0 Å². The Bertz CT molecular complexity index is 523. The van der Waals surface area contributed by atoms with Gasteiger partial charge in [0.15, 0.2) is 8.32 Å². The number of amides is 2. The molecule has 130 valence electrons. The Balaban J connectivity index is 2.03. The molecule has 1 saturated carbocycles. The van der Waals surface area contributed by atoms with Crippen molar-refractivity contribution in [2.45, 2.75) is 58.2 Å². The molecule has 23 heavy (non-hydrogen) atoms. The molecule has 0 unspecified atom stereocenters. The van der Waals surface area contributed by atoms with E-state index in [9.17, 15) is 14.4 Å². The van der Waals surface area contributed by atoms with Crippen LogP contribution < -0.4 is 0 Å². The van der Waals surface area contributed by atoms with Crippen LogP contribution in [-0.4, -0.2) is 44.5 Å². The third-order valence-electron chi connectivity index (χ3n) is 5.90. The molecule has 1 aliphatic carbocycles. The van der Waals surface area contributed by atoms with E-state index >= 15 is 0 Å². The molecule has 2 fully saturated rings. The van der Waals surface area contributed by atoms with Gasteiger partial charge in [-0.2, -0.15) is 0 Å². The highest BCUT2D eigenvalue weighted by molar-refractivity contribution is 6.74. The lowest BCUT2D eigenvalue weighted by molar-refractivity contribution is -0.138. The SMILES string of the molecule is CN1C(=O)[C@H]2[C@@H](CCO[Si](C)(C)C(C)(C)C)CC(=O)C[C@H]2C1=O. The van der Waals surface area contributed by atoms with E-state index in [-0.39, 0.29) is 40.9 Å². The van der Waals surface area contributed by atoms with Gasteiger partial charge < -0.3 is 4.43 Å². The van der Waals surface area contributed by atoms with Crippen molar-refractivity contribution in [1.82, 2.24) is 4.90 Å². The van der Waals surface area contributed by atoms with Crippen LogP contribution in [0.3, 0.4) is 0 Å². The molecule has 2 amide bonds. The molecule has 0 spiro atoms. The predicted molar refractivity (Wildman–Crippen MR) is 90.3 cm³/mol.